The molecule has 8 heteroatoms. The molecular weight excluding hydrogens is 506 g/mol. The van der Waals surface area contributed by atoms with Gasteiger partial charge in [0, 0.05) is 3.57 Å². The smallest absolute Gasteiger partial charge is 0.287 e. The van der Waals surface area contributed by atoms with E-state index in [0.717, 1.165) is 21.3 Å². The highest BCUT2D eigenvalue weighted by Gasteiger charge is 2.34. The van der Waals surface area contributed by atoms with Gasteiger partial charge in [-0.25, -0.2) is 4.79 Å². The Balaban J connectivity index is 1.93. The molecule has 0 N–H and O–H groups in total. The minimum Gasteiger partial charge on any atom is -0.287 e. The largest absolute Gasteiger partial charge is 0.417 e. The minimum absolute atomic E-state index is 0.0592. The van der Waals surface area contributed by atoms with Gasteiger partial charge in [-0.2, -0.15) is 18.4 Å². The molecule has 0 atom stereocenters. The van der Waals surface area contributed by atoms with Crippen LogP contribution in [0.25, 0.3) is 16.7 Å². The Morgan fingerprint density at radius 1 is 0.967 bits per heavy atom. The molecule has 3 aromatic carbocycles. The molecule has 0 saturated carbocycles. The summed E-state index contributed by atoms with van der Waals surface area (Å²) in [5, 5.41) is 9.03. The van der Waals surface area contributed by atoms with Gasteiger partial charge in [0.15, 0.2) is 0 Å². The van der Waals surface area contributed by atoms with E-state index in [1.165, 1.54) is 15.2 Å². The highest BCUT2D eigenvalue weighted by molar-refractivity contribution is 14.1. The summed E-state index contributed by atoms with van der Waals surface area (Å²) in [6, 6.07) is 19.5. The van der Waals surface area contributed by atoms with Crippen LogP contribution in [0, 0.1) is 14.9 Å². The lowest BCUT2D eigenvalue weighted by atomic mass is 10.1. The first-order chi connectivity index (χ1) is 14.3. The Morgan fingerprint density at radius 3 is 2.27 bits per heavy atom. The van der Waals surface area contributed by atoms with Crippen LogP contribution in [-0.4, -0.2) is 9.13 Å². The molecule has 4 rings (SSSR count). The van der Waals surface area contributed by atoms with Gasteiger partial charge in [-0.05, 0) is 70.6 Å². The first-order valence-corrected chi connectivity index (χ1v) is 9.94. The lowest BCUT2D eigenvalue weighted by molar-refractivity contribution is -0.137. The summed E-state index contributed by atoms with van der Waals surface area (Å²) in [7, 11) is 0. The summed E-state index contributed by atoms with van der Waals surface area (Å²) in [5.41, 5.74) is 0.0586. The zero-order chi connectivity index (χ0) is 21.5. The van der Waals surface area contributed by atoms with Crippen molar-refractivity contribution in [3.05, 3.63) is 97.5 Å². The second-order valence-electron chi connectivity index (χ2n) is 6.66. The van der Waals surface area contributed by atoms with Crippen molar-refractivity contribution in [1.82, 2.24) is 9.13 Å². The lowest BCUT2D eigenvalue weighted by Gasteiger charge is -2.11. The summed E-state index contributed by atoms with van der Waals surface area (Å²) in [5.74, 6) is 0. The molecule has 150 valence electrons. The highest BCUT2D eigenvalue weighted by atomic mass is 127. The molecule has 0 bridgehead atoms. The maximum atomic E-state index is 13.4. The number of para-hydroxylation sites is 2. The van der Waals surface area contributed by atoms with Crippen molar-refractivity contribution in [3.8, 4) is 11.8 Å². The van der Waals surface area contributed by atoms with Crippen LogP contribution in [0.1, 0.15) is 16.7 Å². The number of halogens is 4. The molecule has 4 aromatic rings. The van der Waals surface area contributed by atoms with Crippen LogP contribution in [-0.2, 0) is 12.7 Å². The zero-order valence-electron chi connectivity index (χ0n) is 15.3. The van der Waals surface area contributed by atoms with Crippen molar-refractivity contribution in [2.24, 2.45) is 0 Å². The molecular formula is C22H13F3IN3O. The molecule has 0 aliphatic heterocycles. The summed E-state index contributed by atoms with van der Waals surface area (Å²) >= 11 is 2.19. The molecule has 1 heterocycles. The molecule has 0 amide bonds. The number of fused-ring (bicyclic) bond motifs is 1. The Hall–Kier alpha value is -3.06. The van der Waals surface area contributed by atoms with Gasteiger partial charge in [0.05, 0.1) is 40.5 Å². The van der Waals surface area contributed by atoms with Gasteiger partial charge in [0.2, 0.25) is 0 Å². The van der Waals surface area contributed by atoms with Crippen LogP contribution in [0.2, 0.25) is 0 Å². The van der Waals surface area contributed by atoms with Crippen molar-refractivity contribution in [1.29, 1.82) is 5.26 Å². The fourth-order valence-corrected chi connectivity index (χ4v) is 3.75. The number of benzene rings is 3. The molecule has 0 aliphatic carbocycles. The predicted molar refractivity (Wildman–Crippen MR) is 116 cm³/mol. The van der Waals surface area contributed by atoms with E-state index in [2.05, 4.69) is 22.6 Å². The van der Waals surface area contributed by atoms with E-state index in [-0.39, 0.29) is 12.2 Å². The fraction of sp³-hybridized carbons (Fsp3) is 0.0909. The van der Waals surface area contributed by atoms with Gasteiger partial charge < -0.3 is 0 Å². The molecule has 0 spiro atoms. The van der Waals surface area contributed by atoms with Crippen molar-refractivity contribution in [2.75, 3.05) is 0 Å². The van der Waals surface area contributed by atoms with Gasteiger partial charge in [0.25, 0.3) is 0 Å². The second-order valence-corrected chi connectivity index (χ2v) is 7.90. The Morgan fingerprint density at radius 2 is 1.63 bits per heavy atom. The summed E-state index contributed by atoms with van der Waals surface area (Å²) < 4.78 is 44.1. The van der Waals surface area contributed by atoms with E-state index in [9.17, 15) is 18.0 Å². The fourth-order valence-electron chi connectivity index (χ4n) is 3.39. The monoisotopic (exact) mass is 519 g/mol. The zero-order valence-corrected chi connectivity index (χ0v) is 17.5. The number of hydrogen-bond acceptors (Lipinski definition) is 2. The van der Waals surface area contributed by atoms with Gasteiger partial charge in [-0.1, -0.05) is 24.3 Å². The summed E-state index contributed by atoms with van der Waals surface area (Å²) in [4.78, 5) is 13.3. The Kier molecular flexibility index (Phi) is 5.15. The SMILES string of the molecule is N#Cc1ccc(-n2c(=O)n(Cc3ccc(I)cc3)c3ccccc32)cc1C(F)(F)F. The van der Waals surface area contributed by atoms with Crippen LogP contribution < -0.4 is 5.69 Å². The Labute approximate surface area is 182 Å². The number of nitrogens with zero attached hydrogens (tertiary/aromatic N) is 3. The number of alkyl halides is 3. The highest BCUT2D eigenvalue weighted by Crippen LogP contribution is 2.33. The van der Waals surface area contributed by atoms with Crippen molar-refractivity contribution < 1.29 is 13.2 Å². The first-order valence-electron chi connectivity index (χ1n) is 8.86. The number of nitriles is 1. The van der Waals surface area contributed by atoms with Crippen molar-refractivity contribution >= 4 is 33.6 Å². The van der Waals surface area contributed by atoms with Gasteiger partial charge in [-0.15, -0.1) is 0 Å². The average molecular weight is 519 g/mol. The molecule has 30 heavy (non-hydrogen) atoms. The van der Waals surface area contributed by atoms with E-state index in [4.69, 9.17) is 5.26 Å². The third-order valence-corrected chi connectivity index (χ3v) is 5.50. The van der Waals surface area contributed by atoms with Crippen LogP contribution in [0.4, 0.5) is 13.2 Å². The van der Waals surface area contributed by atoms with E-state index in [0.29, 0.717) is 11.0 Å². The molecule has 4 nitrogen and oxygen atoms in total. The van der Waals surface area contributed by atoms with Gasteiger partial charge in [-0.3, -0.25) is 9.13 Å². The molecule has 0 saturated heterocycles. The van der Waals surface area contributed by atoms with E-state index >= 15 is 0 Å². The van der Waals surface area contributed by atoms with Crippen LogP contribution in [0.5, 0.6) is 0 Å². The maximum absolute atomic E-state index is 13.4. The standard InChI is InChI=1S/C22H13F3IN3O/c23-22(24,25)18-11-17(10-7-15(18)12-27)29-20-4-2-1-3-19(20)28(21(29)30)13-14-5-8-16(26)9-6-14/h1-11H,13H2. The molecule has 0 fully saturated rings. The summed E-state index contributed by atoms with van der Waals surface area (Å²) in [6.07, 6.45) is -4.70. The van der Waals surface area contributed by atoms with E-state index in [1.54, 1.807) is 30.3 Å². The van der Waals surface area contributed by atoms with Crippen LogP contribution in [0.3, 0.4) is 0 Å². The third-order valence-electron chi connectivity index (χ3n) is 4.78. The molecule has 0 unspecified atom stereocenters. The third kappa shape index (κ3) is 3.61. The maximum Gasteiger partial charge on any atom is 0.417 e. The number of aromatic nitrogens is 2. The summed E-state index contributed by atoms with van der Waals surface area (Å²) in [6.45, 7) is 0.283. The normalized spacial score (nSPS) is 11.6. The van der Waals surface area contributed by atoms with Crippen molar-refractivity contribution in [3.63, 3.8) is 0 Å². The first kappa shape index (κ1) is 20.2. The number of rotatable bonds is 3. The molecule has 0 radical (unpaired) electrons. The average Bonchev–Trinajstić information content (AvgIpc) is 3.00. The van der Waals surface area contributed by atoms with E-state index in [1.807, 2.05) is 24.3 Å². The predicted octanol–water partition coefficient (Wildman–Crippen LogP) is 5.34. The number of imidazole rings is 1. The lowest BCUT2D eigenvalue weighted by Crippen LogP contribution is -2.24. The molecule has 0 aliphatic rings. The van der Waals surface area contributed by atoms with Crippen LogP contribution in [0.15, 0.2) is 71.5 Å². The van der Waals surface area contributed by atoms with Gasteiger partial charge in [0.1, 0.15) is 0 Å². The quantitative estimate of drug-likeness (QED) is 0.344. The minimum atomic E-state index is -4.70. The van der Waals surface area contributed by atoms with Crippen molar-refractivity contribution in [2.45, 2.75) is 12.7 Å². The topological polar surface area (TPSA) is 50.7 Å². The Bertz CT molecular complexity index is 1350. The van der Waals surface area contributed by atoms with Crippen LogP contribution >= 0.6 is 22.6 Å². The van der Waals surface area contributed by atoms with Gasteiger partial charge >= 0.3 is 11.9 Å². The molecule has 1 aromatic heterocycles. The number of hydrogen-bond donors (Lipinski definition) is 0. The van der Waals surface area contributed by atoms with E-state index < -0.39 is 23.0 Å². The second kappa shape index (κ2) is 7.65.